The average molecular weight is 273 g/mol. The van der Waals surface area contributed by atoms with Gasteiger partial charge in [-0.25, -0.2) is 0 Å². The van der Waals surface area contributed by atoms with Gasteiger partial charge in [0.2, 0.25) is 0 Å². The van der Waals surface area contributed by atoms with Gasteiger partial charge in [0.1, 0.15) is 5.75 Å². The zero-order chi connectivity index (χ0) is 14.3. The number of hydrogen-bond donors (Lipinski definition) is 1. The number of carbonyl (C=O) groups is 1. The fourth-order valence-electron chi connectivity index (χ4n) is 1.65. The van der Waals surface area contributed by atoms with Crippen molar-refractivity contribution in [3.8, 4) is 5.75 Å². The van der Waals surface area contributed by atoms with E-state index in [9.17, 15) is 13.6 Å². The molecule has 1 aromatic carbocycles. The van der Waals surface area contributed by atoms with Crippen LogP contribution in [0.1, 0.15) is 24.9 Å². The van der Waals surface area contributed by atoms with Crippen molar-refractivity contribution in [1.29, 1.82) is 0 Å². The van der Waals surface area contributed by atoms with Gasteiger partial charge in [0, 0.05) is 6.04 Å². The summed E-state index contributed by atoms with van der Waals surface area (Å²) in [5.41, 5.74) is 0.803. The summed E-state index contributed by atoms with van der Waals surface area (Å²) in [7, 11) is 1.72. The van der Waals surface area contributed by atoms with Gasteiger partial charge in [0.05, 0.1) is 13.0 Å². The van der Waals surface area contributed by atoms with Crippen molar-refractivity contribution in [1.82, 2.24) is 5.32 Å². The van der Waals surface area contributed by atoms with Gasteiger partial charge in [-0.2, -0.15) is 8.78 Å². The van der Waals surface area contributed by atoms with Crippen LogP contribution < -0.4 is 10.1 Å². The molecule has 0 saturated carbocycles. The van der Waals surface area contributed by atoms with Crippen LogP contribution in [0.2, 0.25) is 0 Å². The van der Waals surface area contributed by atoms with Crippen LogP contribution in [0.4, 0.5) is 8.78 Å². The number of hydrogen-bond acceptors (Lipinski definition) is 4. The second-order valence-electron chi connectivity index (χ2n) is 3.80. The fraction of sp³-hybridized carbons (Fsp3) is 0.462. The first-order valence-electron chi connectivity index (χ1n) is 5.94. The van der Waals surface area contributed by atoms with Gasteiger partial charge in [0.15, 0.2) is 0 Å². The maximum absolute atomic E-state index is 12.0. The number of esters is 1. The van der Waals surface area contributed by atoms with Crippen LogP contribution in [-0.4, -0.2) is 26.2 Å². The van der Waals surface area contributed by atoms with Gasteiger partial charge in [-0.05, 0) is 31.7 Å². The summed E-state index contributed by atoms with van der Waals surface area (Å²) in [5, 5.41) is 2.98. The van der Waals surface area contributed by atoms with Gasteiger partial charge < -0.3 is 14.8 Å². The molecular formula is C13H17F2NO3. The highest BCUT2D eigenvalue weighted by Crippen LogP contribution is 2.21. The largest absolute Gasteiger partial charge is 0.466 e. The zero-order valence-electron chi connectivity index (χ0n) is 10.9. The van der Waals surface area contributed by atoms with Gasteiger partial charge >= 0.3 is 12.6 Å². The van der Waals surface area contributed by atoms with E-state index in [0.29, 0.717) is 6.61 Å². The van der Waals surface area contributed by atoms with E-state index in [1.54, 1.807) is 26.1 Å². The normalized spacial score (nSPS) is 12.3. The Labute approximate surface area is 110 Å². The maximum Gasteiger partial charge on any atom is 0.387 e. The lowest BCUT2D eigenvalue weighted by atomic mass is 10.0. The minimum atomic E-state index is -2.84. The van der Waals surface area contributed by atoms with Gasteiger partial charge in [-0.15, -0.1) is 0 Å². The van der Waals surface area contributed by atoms with Gasteiger partial charge in [-0.3, -0.25) is 4.79 Å². The first-order valence-corrected chi connectivity index (χ1v) is 5.94. The molecule has 6 heteroatoms. The van der Waals surface area contributed by atoms with Gasteiger partial charge in [-0.1, -0.05) is 12.1 Å². The number of carbonyl (C=O) groups excluding carboxylic acids is 1. The summed E-state index contributed by atoms with van der Waals surface area (Å²) < 4.78 is 33.1. The van der Waals surface area contributed by atoms with Crippen molar-refractivity contribution in [2.45, 2.75) is 26.0 Å². The van der Waals surface area contributed by atoms with E-state index in [-0.39, 0.29) is 24.2 Å². The molecule has 0 spiro atoms. The molecule has 0 saturated heterocycles. The minimum Gasteiger partial charge on any atom is -0.466 e. The lowest BCUT2D eigenvalue weighted by Gasteiger charge is -2.16. The number of nitrogens with one attached hydrogen (secondary N) is 1. The smallest absolute Gasteiger partial charge is 0.387 e. The van der Waals surface area contributed by atoms with E-state index in [1.165, 1.54) is 12.1 Å². The van der Waals surface area contributed by atoms with Crippen molar-refractivity contribution in [3.05, 3.63) is 29.8 Å². The van der Waals surface area contributed by atoms with Crippen molar-refractivity contribution >= 4 is 5.97 Å². The monoisotopic (exact) mass is 273 g/mol. The third-order valence-corrected chi connectivity index (χ3v) is 2.53. The molecule has 1 aromatic rings. The summed E-state index contributed by atoms with van der Waals surface area (Å²) in [5.74, 6) is -0.223. The molecule has 1 rings (SSSR count). The van der Waals surface area contributed by atoms with Crippen molar-refractivity contribution in [2.24, 2.45) is 0 Å². The van der Waals surface area contributed by atoms with Crippen molar-refractivity contribution < 1.29 is 23.0 Å². The topological polar surface area (TPSA) is 47.6 Å². The van der Waals surface area contributed by atoms with E-state index < -0.39 is 6.61 Å². The second-order valence-corrected chi connectivity index (χ2v) is 3.80. The summed E-state index contributed by atoms with van der Waals surface area (Å²) in [6.07, 6.45) is 0.180. The van der Waals surface area contributed by atoms with Crippen LogP contribution >= 0.6 is 0 Å². The fourth-order valence-corrected chi connectivity index (χ4v) is 1.65. The number of benzene rings is 1. The third-order valence-electron chi connectivity index (χ3n) is 2.53. The molecule has 1 N–H and O–H groups in total. The van der Waals surface area contributed by atoms with E-state index in [0.717, 1.165) is 5.56 Å². The Morgan fingerprint density at radius 2 is 1.95 bits per heavy atom. The molecule has 106 valence electrons. The average Bonchev–Trinajstić information content (AvgIpc) is 2.37. The Balaban J connectivity index is 2.68. The lowest BCUT2D eigenvalue weighted by Crippen LogP contribution is -2.21. The highest BCUT2D eigenvalue weighted by Gasteiger charge is 2.15. The molecule has 0 aliphatic heterocycles. The number of rotatable bonds is 7. The molecule has 1 unspecified atom stereocenters. The van der Waals surface area contributed by atoms with E-state index in [4.69, 9.17) is 4.74 Å². The molecule has 4 nitrogen and oxygen atoms in total. The molecular weight excluding hydrogens is 256 g/mol. The molecule has 0 radical (unpaired) electrons. The third kappa shape index (κ3) is 5.21. The highest BCUT2D eigenvalue weighted by atomic mass is 19.3. The van der Waals surface area contributed by atoms with Crippen molar-refractivity contribution in [3.63, 3.8) is 0 Å². The van der Waals surface area contributed by atoms with Gasteiger partial charge in [0.25, 0.3) is 0 Å². The highest BCUT2D eigenvalue weighted by molar-refractivity contribution is 5.70. The van der Waals surface area contributed by atoms with Crippen LogP contribution in [0.5, 0.6) is 5.75 Å². The van der Waals surface area contributed by atoms with Crippen LogP contribution in [0.15, 0.2) is 24.3 Å². The minimum absolute atomic E-state index is 0.0877. The van der Waals surface area contributed by atoms with E-state index in [1.807, 2.05) is 0 Å². The Kier molecular flexibility index (Phi) is 6.21. The van der Waals surface area contributed by atoms with Crippen molar-refractivity contribution in [2.75, 3.05) is 13.7 Å². The Morgan fingerprint density at radius 3 is 2.42 bits per heavy atom. The first kappa shape index (κ1) is 15.4. The summed E-state index contributed by atoms with van der Waals surface area (Å²) in [6.45, 7) is -0.774. The molecule has 0 heterocycles. The standard InChI is InChI=1S/C13H17F2NO3/c1-3-18-12(17)8-11(16-2)9-4-6-10(7-5-9)19-13(14)15/h4-7,11,13,16H,3,8H2,1-2H3. The molecule has 19 heavy (non-hydrogen) atoms. The molecule has 0 amide bonds. The zero-order valence-corrected chi connectivity index (χ0v) is 10.9. The SMILES string of the molecule is CCOC(=O)CC(NC)c1ccc(OC(F)F)cc1. The Hall–Kier alpha value is -1.69. The Morgan fingerprint density at radius 1 is 1.32 bits per heavy atom. The molecule has 0 bridgehead atoms. The molecule has 1 atom stereocenters. The predicted octanol–water partition coefficient (Wildman–Crippen LogP) is 2.50. The van der Waals surface area contributed by atoms with E-state index in [2.05, 4.69) is 10.1 Å². The molecule has 0 aliphatic rings. The van der Waals surface area contributed by atoms with Crippen LogP contribution in [-0.2, 0) is 9.53 Å². The summed E-state index contributed by atoms with van der Waals surface area (Å²) in [4.78, 5) is 11.4. The number of ether oxygens (including phenoxy) is 2. The lowest BCUT2D eigenvalue weighted by molar-refractivity contribution is -0.143. The predicted molar refractivity (Wildman–Crippen MR) is 66.1 cm³/mol. The molecule has 0 aromatic heterocycles. The number of alkyl halides is 2. The van der Waals surface area contributed by atoms with E-state index >= 15 is 0 Å². The Bertz CT molecular complexity index is 395. The summed E-state index contributed by atoms with van der Waals surface area (Å²) in [6, 6.07) is 5.93. The second kappa shape index (κ2) is 7.68. The quantitative estimate of drug-likeness (QED) is 0.775. The van der Waals surface area contributed by atoms with Crippen LogP contribution in [0.25, 0.3) is 0 Å². The maximum atomic E-state index is 12.0. The van der Waals surface area contributed by atoms with Crippen LogP contribution in [0.3, 0.4) is 0 Å². The molecule has 0 fully saturated rings. The summed E-state index contributed by atoms with van der Waals surface area (Å²) >= 11 is 0. The van der Waals surface area contributed by atoms with Crippen LogP contribution in [0, 0.1) is 0 Å². The molecule has 0 aliphatic carbocycles. The first-order chi connectivity index (χ1) is 9.06. The number of halogens is 2.